The molecule has 0 amide bonds. The third-order valence-corrected chi connectivity index (χ3v) is 2.64. The maximum absolute atomic E-state index is 5.83. The Labute approximate surface area is 117 Å². The Morgan fingerprint density at radius 3 is 2.50 bits per heavy atom. The van der Waals surface area contributed by atoms with Crippen LogP contribution in [0.25, 0.3) is 0 Å². The second kappa shape index (κ2) is 5.60. The molecule has 0 aliphatic carbocycles. The van der Waals surface area contributed by atoms with Crippen molar-refractivity contribution < 1.29 is 9.47 Å². The van der Waals surface area contributed by atoms with Gasteiger partial charge < -0.3 is 20.1 Å². The van der Waals surface area contributed by atoms with Gasteiger partial charge in [-0.05, 0) is 6.92 Å². The summed E-state index contributed by atoms with van der Waals surface area (Å²) in [5, 5.41) is 0. The fourth-order valence-electron chi connectivity index (χ4n) is 1.61. The van der Waals surface area contributed by atoms with Crippen LogP contribution in [-0.4, -0.2) is 36.2 Å². The third kappa shape index (κ3) is 2.87. The van der Waals surface area contributed by atoms with Crippen LogP contribution in [0.5, 0.6) is 17.4 Å². The van der Waals surface area contributed by atoms with Gasteiger partial charge in [0, 0.05) is 20.2 Å². The standard InChI is InChI=1S/C13H17N5O2/c1-8-15-7-11(13(14)17-8)20-10-5-12(19-4)16-6-9(10)18(2)3/h5-7H,1-4H3,(H2,14,15,17). The molecule has 2 rings (SSSR count). The number of aryl methyl sites for hydroxylation is 1. The molecule has 0 aliphatic rings. The maximum atomic E-state index is 5.83. The number of rotatable bonds is 4. The average Bonchev–Trinajstić information content (AvgIpc) is 2.41. The van der Waals surface area contributed by atoms with Crippen LogP contribution in [0.1, 0.15) is 5.82 Å². The van der Waals surface area contributed by atoms with E-state index in [0.717, 1.165) is 5.69 Å². The quantitative estimate of drug-likeness (QED) is 0.907. The zero-order valence-corrected chi connectivity index (χ0v) is 11.9. The lowest BCUT2D eigenvalue weighted by atomic mass is 10.3. The molecule has 2 aromatic heterocycles. The molecule has 0 bridgehead atoms. The average molecular weight is 275 g/mol. The van der Waals surface area contributed by atoms with E-state index in [1.54, 1.807) is 32.5 Å². The number of methoxy groups -OCH3 is 1. The molecule has 2 aromatic rings. The van der Waals surface area contributed by atoms with Gasteiger partial charge in [-0.3, -0.25) is 0 Å². The first-order valence-corrected chi connectivity index (χ1v) is 5.99. The highest BCUT2D eigenvalue weighted by atomic mass is 16.5. The Hall–Kier alpha value is -2.57. The molecule has 0 saturated carbocycles. The summed E-state index contributed by atoms with van der Waals surface area (Å²) in [5.74, 6) is 2.30. The van der Waals surface area contributed by atoms with Crippen molar-refractivity contribution in [2.24, 2.45) is 0 Å². The van der Waals surface area contributed by atoms with E-state index in [1.165, 1.54) is 0 Å². The molecule has 2 heterocycles. The van der Waals surface area contributed by atoms with Gasteiger partial charge >= 0.3 is 0 Å². The second-order valence-corrected chi connectivity index (χ2v) is 4.36. The van der Waals surface area contributed by atoms with Crippen molar-refractivity contribution in [1.29, 1.82) is 0 Å². The van der Waals surface area contributed by atoms with Gasteiger partial charge in [0.25, 0.3) is 0 Å². The van der Waals surface area contributed by atoms with Crippen molar-refractivity contribution in [1.82, 2.24) is 15.0 Å². The molecule has 2 N–H and O–H groups in total. The summed E-state index contributed by atoms with van der Waals surface area (Å²) in [4.78, 5) is 14.2. The topological polar surface area (TPSA) is 86.4 Å². The van der Waals surface area contributed by atoms with Gasteiger partial charge in [0.2, 0.25) is 5.88 Å². The van der Waals surface area contributed by atoms with Gasteiger partial charge in [-0.2, -0.15) is 0 Å². The van der Waals surface area contributed by atoms with Crippen molar-refractivity contribution in [2.45, 2.75) is 6.92 Å². The van der Waals surface area contributed by atoms with Crippen LogP contribution in [0, 0.1) is 6.92 Å². The van der Waals surface area contributed by atoms with E-state index in [2.05, 4.69) is 15.0 Å². The lowest BCUT2D eigenvalue weighted by Gasteiger charge is -2.18. The monoisotopic (exact) mass is 275 g/mol. The third-order valence-electron chi connectivity index (χ3n) is 2.64. The number of aromatic nitrogens is 3. The first kappa shape index (κ1) is 13.9. The van der Waals surface area contributed by atoms with Crippen LogP contribution in [0.3, 0.4) is 0 Å². The molecular formula is C13H17N5O2. The molecule has 0 saturated heterocycles. The molecule has 7 heteroatoms. The Kier molecular flexibility index (Phi) is 3.88. The molecule has 0 aromatic carbocycles. The summed E-state index contributed by atoms with van der Waals surface area (Å²) in [6, 6.07) is 1.69. The molecule has 0 unspecified atom stereocenters. The van der Waals surface area contributed by atoms with Gasteiger partial charge in [0.05, 0.1) is 25.2 Å². The Bertz CT molecular complexity index is 616. The highest BCUT2D eigenvalue weighted by Gasteiger charge is 2.12. The van der Waals surface area contributed by atoms with Crippen molar-refractivity contribution in [3.8, 4) is 17.4 Å². The van der Waals surface area contributed by atoms with Gasteiger partial charge in [-0.1, -0.05) is 0 Å². The minimum atomic E-state index is 0.290. The predicted octanol–water partition coefficient (Wildman–Crippen LogP) is 1.63. The highest BCUT2D eigenvalue weighted by molar-refractivity contribution is 5.60. The van der Waals surface area contributed by atoms with E-state index in [4.69, 9.17) is 15.2 Å². The van der Waals surface area contributed by atoms with E-state index < -0.39 is 0 Å². The highest BCUT2D eigenvalue weighted by Crippen LogP contribution is 2.34. The van der Waals surface area contributed by atoms with Crippen LogP contribution in [0.2, 0.25) is 0 Å². The molecule has 0 aliphatic heterocycles. The van der Waals surface area contributed by atoms with Crippen LogP contribution in [0.15, 0.2) is 18.5 Å². The van der Waals surface area contributed by atoms with E-state index in [0.29, 0.717) is 23.2 Å². The zero-order valence-electron chi connectivity index (χ0n) is 11.9. The summed E-state index contributed by atoms with van der Waals surface area (Å²) in [7, 11) is 5.33. The summed E-state index contributed by atoms with van der Waals surface area (Å²) < 4.78 is 10.9. The molecule has 0 spiro atoms. The number of anilines is 2. The van der Waals surface area contributed by atoms with Gasteiger partial charge in [-0.25, -0.2) is 15.0 Å². The van der Waals surface area contributed by atoms with E-state index >= 15 is 0 Å². The Balaban J connectivity index is 2.40. The van der Waals surface area contributed by atoms with E-state index in [-0.39, 0.29) is 5.82 Å². The fraction of sp³-hybridized carbons (Fsp3) is 0.308. The molecule has 0 radical (unpaired) electrons. The van der Waals surface area contributed by atoms with Crippen molar-refractivity contribution >= 4 is 11.5 Å². The van der Waals surface area contributed by atoms with E-state index in [9.17, 15) is 0 Å². The van der Waals surface area contributed by atoms with E-state index in [1.807, 2.05) is 19.0 Å². The molecular weight excluding hydrogens is 258 g/mol. The number of pyridine rings is 1. The summed E-state index contributed by atoms with van der Waals surface area (Å²) in [5.41, 5.74) is 6.63. The number of hydrogen-bond acceptors (Lipinski definition) is 7. The fourth-order valence-corrected chi connectivity index (χ4v) is 1.61. The molecule has 106 valence electrons. The zero-order chi connectivity index (χ0) is 14.7. The lowest BCUT2D eigenvalue weighted by Crippen LogP contribution is -2.11. The first-order valence-electron chi connectivity index (χ1n) is 5.99. The number of nitrogen functional groups attached to an aromatic ring is 1. The largest absolute Gasteiger partial charge is 0.481 e. The summed E-state index contributed by atoms with van der Waals surface area (Å²) >= 11 is 0. The minimum Gasteiger partial charge on any atom is -0.481 e. The minimum absolute atomic E-state index is 0.290. The molecule has 20 heavy (non-hydrogen) atoms. The Morgan fingerprint density at radius 2 is 1.90 bits per heavy atom. The molecule has 0 fully saturated rings. The van der Waals surface area contributed by atoms with Gasteiger partial charge in [0.1, 0.15) is 5.82 Å². The van der Waals surface area contributed by atoms with Crippen LogP contribution >= 0.6 is 0 Å². The number of nitrogens with two attached hydrogens (primary N) is 1. The van der Waals surface area contributed by atoms with Gasteiger partial charge in [-0.15, -0.1) is 0 Å². The smallest absolute Gasteiger partial charge is 0.216 e. The van der Waals surface area contributed by atoms with Crippen LogP contribution in [0.4, 0.5) is 11.5 Å². The first-order chi connectivity index (χ1) is 9.51. The number of hydrogen-bond donors (Lipinski definition) is 1. The predicted molar refractivity (Wildman–Crippen MR) is 76.4 cm³/mol. The lowest BCUT2D eigenvalue weighted by molar-refractivity contribution is 0.392. The normalized spacial score (nSPS) is 10.2. The summed E-state index contributed by atoms with van der Waals surface area (Å²) in [6.45, 7) is 1.76. The summed E-state index contributed by atoms with van der Waals surface area (Å²) in [6.07, 6.45) is 3.21. The van der Waals surface area contributed by atoms with Crippen molar-refractivity contribution in [3.05, 3.63) is 24.3 Å². The second-order valence-electron chi connectivity index (χ2n) is 4.36. The van der Waals surface area contributed by atoms with Crippen LogP contribution in [-0.2, 0) is 0 Å². The number of ether oxygens (including phenoxy) is 2. The molecule has 7 nitrogen and oxygen atoms in total. The van der Waals surface area contributed by atoms with Crippen molar-refractivity contribution in [2.75, 3.05) is 31.8 Å². The van der Waals surface area contributed by atoms with Crippen molar-refractivity contribution in [3.63, 3.8) is 0 Å². The van der Waals surface area contributed by atoms with Gasteiger partial charge in [0.15, 0.2) is 17.3 Å². The maximum Gasteiger partial charge on any atom is 0.216 e. The molecule has 0 atom stereocenters. The Morgan fingerprint density at radius 1 is 1.15 bits per heavy atom. The van der Waals surface area contributed by atoms with Crippen LogP contribution < -0.4 is 20.1 Å². The number of nitrogens with zero attached hydrogens (tertiary/aromatic N) is 4. The SMILES string of the molecule is COc1cc(Oc2cnc(C)nc2N)c(N(C)C)cn1.